The monoisotopic (exact) mass is 339 g/mol. The number of fused-ring (bicyclic) bond motifs is 1. The Morgan fingerprint density at radius 3 is 2.84 bits per heavy atom. The molecule has 128 valence electrons. The van der Waals surface area contributed by atoms with Crippen molar-refractivity contribution in [2.45, 2.75) is 6.92 Å². The molecule has 0 aliphatic carbocycles. The minimum atomic E-state index is -0.419. The van der Waals surface area contributed by atoms with Crippen LogP contribution in [0.2, 0.25) is 0 Å². The molecule has 7 heteroatoms. The van der Waals surface area contributed by atoms with E-state index in [1.165, 1.54) is 6.21 Å². The summed E-state index contributed by atoms with van der Waals surface area (Å²) in [6.07, 6.45) is 1.49. The number of aryl methyl sites for hydroxylation is 1. The number of amides is 2. The number of hydrazone groups is 1. The zero-order valence-corrected chi connectivity index (χ0v) is 13.6. The lowest BCUT2D eigenvalue weighted by Gasteiger charge is -2.05. The first-order valence-corrected chi connectivity index (χ1v) is 7.68. The molecule has 0 aromatic heterocycles. The molecule has 1 aliphatic heterocycles. The number of nitrogens with zero attached hydrogens (tertiary/aromatic N) is 1. The highest BCUT2D eigenvalue weighted by molar-refractivity contribution is 5.96. The molecule has 0 saturated carbocycles. The predicted octanol–water partition coefficient (Wildman–Crippen LogP) is 1.60. The van der Waals surface area contributed by atoms with Gasteiger partial charge >= 0.3 is 0 Å². The Hall–Kier alpha value is -3.35. The van der Waals surface area contributed by atoms with E-state index < -0.39 is 5.91 Å². The summed E-state index contributed by atoms with van der Waals surface area (Å²) in [5.74, 6) is 0.595. The van der Waals surface area contributed by atoms with E-state index in [1.807, 2.05) is 13.0 Å². The lowest BCUT2D eigenvalue weighted by atomic mass is 10.1. The van der Waals surface area contributed by atoms with Gasteiger partial charge in [0.2, 0.25) is 6.79 Å². The van der Waals surface area contributed by atoms with Gasteiger partial charge in [-0.05, 0) is 42.8 Å². The standard InChI is InChI=1S/C18H17N3O4/c1-12-3-2-4-14(7-12)18(23)19-10-17(22)21-20-9-13-5-6-15-16(8-13)25-11-24-15/h2-9H,10-11H2,1H3,(H,19,23)(H,21,22)/b20-9-. The van der Waals surface area contributed by atoms with E-state index in [0.717, 1.165) is 11.1 Å². The van der Waals surface area contributed by atoms with E-state index in [-0.39, 0.29) is 19.2 Å². The van der Waals surface area contributed by atoms with Gasteiger partial charge in [-0.25, -0.2) is 5.43 Å². The lowest BCUT2D eigenvalue weighted by molar-refractivity contribution is -0.120. The van der Waals surface area contributed by atoms with Crippen LogP contribution in [0.25, 0.3) is 0 Å². The van der Waals surface area contributed by atoms with Crippen LogP contribution in [0.4, 0.5) is 0 Å². The Bertz CT molecular complexity index is 833. The molecular weight excluding hydrogens is 322 g/mol. The zero-order chi connectivity index (χ0) is 17.6. The SMILES string of the molecule is Cc1cccc(C(=O)NCC(=O)N/N=C\c2ccc3c(c2)OCO3)c1. The predicted molar refractivity (Wildman–Crippen MR) is 91.8 cm³/mol. The van der Waals surface area contributed by atoms with Gasteiger partial charge in [-0.3, -0.25) is 9.59 Å². The van der Waals surface area contributed by atoms with Crippen molar-refractivity contribution in [2.75, 3.05) is 13.3 Å². The minimum absolute atomic E-state index is 0.161. The van der Waals surface area contributed by atoms with Gasteiger partial charge in [0.15, 0.2) is 11.5 Å². The van der Waals surface area contributed by atoms with Crippen molar-refractivity contribution in [2.24, 2.45) is 5.10 Å². The Balaban J connectivity index is 1.47. The molecule has 0 atom stereocenters. The first-order valence-electron chi connectivity index (χ1n) is 7.68. The van der Waals surface area contributed by atoms with Crippen molar-refractivity contribution in [3.8, 4) is 11.5 Å². The van der Waals surface area contributed by atoms with Crippen LogP contribution >= 0.6 is 0 Å². The highest BCUT2D eigenvalue weighted by Gasteiger charge is 2.12. The average molecular weight is 339 g/mol. The number of rotatable bonds is 5. The molecule has 0 spiro atoms. The molecule has 7 nitrogen and oxygen atoms in total. The second-order valence-electron chi connectivity index (χ2n) is 5.46. The smallest absolute Gasteiger partial charge is 0.259 e. The molecule has 1 aliphatic rings. The van der Waals surface area contributed by atoms with Crippen molar-refractivity contribution >= 4 is 18.0 Å². The van der Waals surface area contributed by atoms with Crippen molar-refractivity contribution in [3.05, 3.63) is 59.2 Å². The molecule has 0 bridgehead atoms. The van der Waals surface area contributed by atoms with Crippen molar-refractivity contribution < 1.29 is 19.1 Å². The molecule has 0 radical (unpaired) electrons. The Morgan fingerprint density at radius 2 is 2.00 bits per heavy atom. The number of benzene rings is 2. The molecule has 1 heterocycles. The number of nitrogens with one attached hydrogen (secondary N) is 2. The Labute approximate surface area is 144 Å². The van der Waals surface area contributed by atoms with Gasteiger partial charge in [-0.2, -0.15) is 5.10 Å². The zero-order valence-electron chi connectivity index (χ0n) is 13.6. The average Bonchev–Trinajstić information content (AvgIpc) is 3.07. The summed E-state index contributed by atoms with van der Waals surface area (Å²) in [4.78, 5) is 23.7. The molecule has 0 fully saturated rings. The van der Waals surface area contributed by atoms with Crippen molar-refractivity contribution in [3.63, 3.8) is 0 Å². The van der Waals surface area contributed by atoms with E-state index in [1.54, 1.807) is 36.4 Å². The quantitative estimate of drug-likeness (QED) is 0.640. The van der Waals surface area contributed by atoms with Crippen LogP contribution in [0.3, 0.4) is 0 Å². The summed E-state index contributed by atoms with van der Waals surface area (Å²) in [5, 5.41) is 6.41. The van der Waals surface area contributed by atoms with Crippen LogP contribution < -0.4 is 20.2 Å². The molecule has 2 aromatic carbocycles. The van der Waals surface area contributed by atoms with Crippen LogP contribution in [0, 0.1) is 6.92 Å². The fourth-order valence-corrected chi connectivity index (χ4v) is 2.26. The number of hydrogen-bond donors (Lipinski definition) is 2. The molecule has 2 N–H and O–H groups in total. The number of carbonyl (C=O) groups excluding carboxylic acids is 2. The molecule has 2 amide bonds. The number of carbonyl (C=O) groups is 2. The second kappa shape index (κ2) is 7.48. The first-order chi connectivity index (χ1) is 12.1. The third-order valence-electron chi connectivity index (χ3n) is 3.49. The largest absolute Gasteiger partial charge is 0.454 e. The van der Waals surface area contributed by atoms with E-state index in [4.69, 9.17) is 9.47 Å². The van der Waals surface area contributed by atoms with Gasteiger partial charge in [0, 0.05) is 5.56 Å². The number of hydrogen-bond acceptors (Lipinski definition) is 5. The highest BCUT2D eigenvalue weighted by Crippen LogP contribution is 2.31. The molecule has 25 heavy (non-hydrogen) atoms. The van der Waals surface area contributed by atoms with Gasteiger partial charge in [0.1, 0.15) is 0 Å². The molecule has 2 aromatic rings. The topological polar surface area (TPSA) is 89.0 Å². The molecule has 3 rings (SSSR count). The third kappa shape index (κ3) is 4.35. The molecule has 0 saturated heterocycles. The van der Waals surface area contributed by atoms with Crippen molar-refractivity contribution in [1.29, 1.82) is 0 Å². The Morgan fingerprint density at radius 1 is 1.16 bits per heavy atom. The summed E-state index contributed by atoms with van der Waals surface area (Å²) < 4.78 is 10.5. The van der Waals surface area contributed by atoms with Crippen molar-refractivity contribution in [1.82, 2.24) is 10.7 Å². The second-order valence-corrected chi connectivity index (χ2v) is 5.46. The summed E-state index contributed by atoms with van der Waals surface area (Å²) in [6, 6.07) is 12.5. The van der Waals surface area contributed by atoms with Gasteiger partial charge in [-0.15, -0.1) is 0 Å². The molecule has 0 unspecified atom stereocenters. The fraction of sp³-hybridized carbons (Fsp3) is 0.167. The van der Waals surface area contributed by atoms with Gasteiger partial charge in [0.25, 0.3) is 11.8 Å². The van der Waals surface area contributed by atoms with Crippen LogP contribution in [0.5, 0.6) is 11.5 Å². The first kappa shape index (κ1) is 16.5. The fourth-order valence-electron chi connectivity index (χ4n) is 2.26. The molecular formula is C18H17N3O4. The maximum absolute atomic E-state index is 11.9. The normalized spacial score (nSPS) is 12.2. The minimum Gasteiger partial charge on any atom is -0.454 e. The van der Waals surface area contributed by atoms with Gasteiger partial charge in [0.05, 0.1) is 12.8 Å². The third-order valence-corrected chi connectivity index (χ3v) is 3.49. The summed E-state index contributed by atoms with van der Waals surface area (Å²) in [7, 11) is 0. The van der Waals surface area contributed by atoms with Crippen LogP contribution in [-0.4, -0.2) is 31.4 Å². The lowest BCUT2D eigenvalue weighted by Crippen LogP contribution is -2.34. The highest BCUT2D eigenvalue weighted by atomic mass is 16.7. The van der Waals surface area contributed by atoms with E-state index in [9.17, 15) is 9.59 Å². The number of ether oxygens (including phenoxy) is 2. The maximum atomic E-state index is 11.9. The maximum Gasteiger partial charge on any atom is 0.259 e. The van der Waals surface area contributed by atoms with E-state index in [2.05, 4.69) is 15.8 Å². The van der Waals surface area contributed by atoms with Gasteiger partial charge < -0.3 is 14.8 Å². The van der Waals surface area contributed by atoms with E-state index in [0.29, 0.717) is 17.1 Å². The van der Waals surface area contributed by atoms with Crippen LogP contribution in [0.15, 0.2) is 47.6 Å². The van der Waals surface area contributed by atoms with E-state index >= 15 is 0 Å². The van der Waals surface area contributed by atoms with Crippen LogP contribution in [0.1, 0.15) is 21.5 Å². The summed E-state index contributed by atoms with van der Waals surface area (Å²) in [5.41, 5.74) is 4.61. The van der Waals surface area contributed by atoms with Gasteiger partial charge in [-0.1, -0.05) is 17.7 Å². The Kier molecular flexibility index (Phi) is 4.94. The van der Waals surface area contributed by atoms with Crippen LogP contribution in [-0.2, 0) is 4.79 Å². The summed E-state index contributed by atoms with van der Waals surface area (Å²) >= 11 is 0. The summed E-state index contributed by atoms with van der Waals surface area (Å²) in [6.45, 7) is 1.94.